The summed E-state index contributed by atoms with van der Waals surface area (Å²) in [5.74, 6) is -0.627. The van der Waals surface area contributed by atoms with Gasteiger partial charge in [0.1, 0.15) is 5.75 Å². The Bertz CT molecular complexity index is 943. The summed E-state index contributed by atoms with van der Waals surface area (Å²) < 4.78 is 5.91. The van der Waals surface area contributed by atoms with Gasteiger partial charge in [-0.1, -0.05) is 23.7 Å². The predicted octanol–water partition coefficient (Wildman–Crippen LogP) is 3.91. The van der Waals surface area contributed by atoms with Crippen LogP contribution in [0.25, 0.3) is 0 Å². The van der Waals surface area contributed by atoms with Crippen LogP contribution in [-0.2, 0) is 4.79 Å². The zero-order valence-electron chi connectivity index (χ0n) is 17.5. The third-order valence-corrected chi connectivity index (χ3v) is 5.59. The molecule has 32 heavy (non-hydrogen) atoms. The Morgan fingerprint density at radius 3 is 2.25 bits per heavy atom. The van der Waals surface area contributed by atoms with E-state index < -0.39 is 12.0 Å². The number of carbonyl (C=O) groups is 3. The van der Waals surface area contributed by atoms with Gasteiger partial charge in [-0.25, -0.2) is 4.79 Å². The van der Waals surface area contributed by atoms with Crippen molar-refractivity contribution in [2.45, 2.75) is 31.8 Å². The van der Waals surface area contributed by atoms with E-state index in [1.165, 1.54) is 0 Å². The van der Waals surface area contributed by atoms with Crippen molar-refractivity contribution in [1.82, 2.24) is 10.6 Å². The van der Waals surface area contributed by atoms with Gasteiger partial charge in [-0.05, 0) is 62.1 Å². The predicted molar refractivity (Wildman–Crippen MR) is 121 cm³/mol. The molecule has 8 nitrogen and oxygen atoms in total. The molecule has 1 aliphatic carbocycles. The van der Waals surface area contributed by atoms with Gasteiger partial charge in [-0.2, -0.15) is 0 Å². The van der Waals surface area contributed by atoms with E-state index in [2.05, 4.69) is 16.0 Å². The molecule has 3 rings (SSSR count). The number of hydrogen-bond donors (Lipinski definition) is 4. The van der Waals surface area contributed by atoms with Gasteiger partial charge in [0.05, 0.1) is 22.7 Å². The smallest absolute Gasteiger partial charge is 0.319 e. The van der Waals surface area contributed by atoms with Crippen LogP contribution in [0, 0.1) is 5.92 Å². The SMILES string of the molecule is O=C(NCCNC(=O)c1ccc(OC2CCC(C(=O)O)CC2)cc1)Nc1ccccc1Cl. The topological polar surface area (TPSA) is 117 Å². The van der Waals surface area contributed by atoms with E-state index in [0.717, 1.165) is 0 Å². The van der Waals surface area contributed by atoms with Crippen LogP contribution in [0.3, 0.4) is 0 Å². The van der Waals surface area contributed by atoms with Crippen LogP contribution in [0.1, 0.15) is 36.0 Å². The van der Waals surface area contributed by atoms with E-state index in [-0.39, 0.29) is 31.0 Å². The molecular formula is C23H26ClN3O5. The number of halogens is 1. The molecule has 170 valence electrons. The van der Waals surface area contributed by atoms with Crippen LogP contribution in [0.4, 0.5) is 10.5 Å². The van der Waals surface area contributed by atoms with Crippen LogP contribution in [0.15, 0.2) is 48.5 Å². The van der Waals surface area contributed by atoms with Gasteiger partial charge < -0.3 is 25.8 Å². The summed E-state index contributed by atoms with van der Waals surface area (Å²) in [5.41, 5.74) is 0.986. The number of anilines is 1. The van der Waals surface area contributed by atoms with Gasteiger partial charge in [-0.15, -0.1) is 0 Å². The average molecular weight is 460 g/mol. The first kappa shape index (κ1) is 23.4. The maximum absolute atomic E-state index is 12.3. The number of amides is 3. The van der Waals surface area contributed by atoms with Crippen molar-refractivity contribution in [3.05, 3.63) is 59.1 Å². The summed E-state index contributed by atoms with van der Waals surface area (Å²) in [6, 6.07) is 13.3. The number of carbonyl (C=O) groups excluding carboxylic acids is 2. The Kier molecular flexibility index (Phi) is 8.33. The number of hydrogen-bond acceptors (Lipinski definition) is 4. The van der Waals surface area contributed by atoms with Crippen molar-refractivity contribution in [1.29, 1.82) is 0 Å². The van der Waals surface area contributed by atoms with Crippen LogP contribution in [0.5, 0.6) is 5.75 Å². The Balaban J connectivity index is 1.36. The number of urea groups is 1. The van der Waals surface area contributed by atoms with Crippen molar-refractivity contribution in [3.8, 4) is 5.75 Å². The standard InChI is InChI=1S/C23H26ClN3O5/c24-19-3-1-2-4-20(19)27-23(31)26-14-13-25-21(28)15-5-9-17(10-6-15)32-18-11-7-16(8-12-18)22(29)30/h1-6,9-10,16,18H,7-8,11-14H2,(H,25,28)(H,29,30)(H2,26,27,31). The number of aliphatic carboxylic acids is 1. The zero-order valence-corrected chi connectivity index (χ0v) is 18.2. The highest BCUT2D eigenvalue weighted by Crippen LogP contribution is 2.28. The quantitative estimate of drug-likeness (QED) is 0.446. The molecule has 9 heteroatoms. The number of nitrogens with one attached hydrogen (secondary N) is 3. The molecule has 0 aromatic heterocycles. The second-order valence-corrected chi connectivity index (χ2v) is 7.98. The van der Waals surface area contributed by atoms with Crippen LogP contribution in [0.2, 0.25) is 5.02 Å². The lowest BCUT2D eigenvalue weighted by Crippen LogP contribution is -2.36. The molecule has 3 amide bonds. The third-order valence-electron chi connectivity index (χ3n) is 5.26. The first-order valence-corrected chi connectivity index (χ1v) is 10.9. The van der Waals surface area contributed by atoms with Gasteiger partial charge in [0.25, 0.3) is 5.91 Å². The number of ether oxygens (including phenoxy) is 1. The van der Waals surface area contributed by atoms with Crippen LogP contribution >= 0.6 is 11.6 Å². The molecule has 2 aromatic carbocycles. The minimum Gasteiger partial charge on any atom is -0.490 e. The fraction of sp³-hybridized carbons (Fsp3) is 0.348. The lowest BCUT2D eigenvalue weighted by Gasteiger charge is -2.26. The molecule has 1 fully saturated rings. The van der Waals surface area contributed by atoms with Gasteiger partial charge >= 0.3 is 12.0 Å². The van der Waals surface area contributed by atoms with Crippen LogP contribution < -0.4 is 20.7 Å². The molecular weight excluding hydrogens is 434 g/mol. The maximum atomic E-state index is 12.3. The molecule has 0 atom stereocenters. The minimum absolute atomic E-state index is 0.00624. The average Bonchev–Trinajstić information content (AvgIpc) is 2.79. The molecule has 0 bridgehead atoms. The lowest BCUT2D eigenvalue weighted by molar-refractivity contribution is -0.143. The second kappa shape index (κ2) is 11.4. The highest BCUT2D eigenvalue weighted by Gasteiger charge is 2.26. The van der Waals surface area contributed by atoms with Crippen molar-refractivity contribution in [2.75, 3.05) is 18.4 Å². The van der Waals surface area contributed by atoms with E-state index in [9.17, 15) is 14.4 Å². The summed E-state index contributed by atoms with van der Waals surface area (Å²) in [5, 5.41) is 17.5. The van der Waals surface area contributed by atoms with E-state index in [1.807, 2.05) is 0 Å². The molecule has 4 N–H and O–H groups in total. The molecule has 1 aliphatic rings. The fourth-order valence-corrected chi connectivity index (χ4v) is 3.67. The Morgan fingerprint density at radius 2 is 1.59 bits per heavy atom. The Morgan fingerprint density at radius 1 is 0.938 bits per heavy atom. The number of carboxylic acid groups (broad SMARTS) is 1. The minimum atomic E-state index is -0.741. The summed E-state index contributed by atoms with van der Waals surface area (Å²) in [6.07, 6.45) is 2.64. The molecule has 0 radical (unpaired) electrons. The van der Waals surface area contributed by atoms with Gasteiger partial charge in [0.15, 0.2) is 0 Å². The van der Waals surface area contributed by atoms with Crippen molar-refractivity contribution in [2.24, 2.45) is 5.92 Å². The summed E-state index contributed by atoms with van der Waals surface area (Å²) >= 11 is 5.99. The van der Waals surface area contributed by atoms with Crippen molar-refractivity contribution in [3.63, 3.8) is 0 Å². The second-order valence-electron chi connectivity index (χ2n) is 7.57. The number of para-hydroxylation sites is 1. The van der Waals surface area contributed by atoms with Crippen molar-refractivity contribution >= 4 is 35.2 Å². The first-order chi connectivity index (χ1) is 15.4. The van der Waals surface area contributed by atoms with Crippen LogP contribution in [-0.4, -0.2) is 42.2 Å². The lowest BCUT2D eigenvalue weighted by atomic mass is 9.87. The molecule has 1 saturated carbocycles. The van der Waals surface area contributed by atoms with Gasteiger partial charge in [-0.3, -0.25) is 9.59 Å². The van der Waals surface area contributed by atoms with E-state index in [0.29, 0.717) is 47.7 Å². The first-order valence-electron chi connectivity index (χ1n) is 10.5. The molecule has 0 saturated heterocycles. The summed E-state index contributed by atoms with van der Waals surface area (Å²) in [6.45, 7) is 0.516. The summed E-state index contributed by atoms with van der Waals surface area (Å²) in [7, 11) is 0. The number of benzene rings is 2. The molecule has 0 heterocycles. The van der Waals surface area contributed by atoms with E-state index in [4.69, 9.17) is 21.4 Å². The number of rotatable bonds is 8. The zero-order chi connectivity index (χ0) is 22.9. The van der Waals surface area contributed by atoms with Gasteiger partial charge in [0.2, 0.25) is 0 Å². The highest BCUT2D eigenvalue weighted by atomic mass is 35.5. The maximum Gasteiger partial charge on any atom is 0.319 e. The molecule has 2 aromatic rings. The van der Waals surface area contributed by atoms with E-state index in [1.54, 1.807) is 48.5 Å². The fourth-order valence-electron chi connectivity index (χ4n) is 3.49. The largest absolute Gasteiger partial charge is 0.490 e. The Labute approximate surface area is 191 Å². The van der Waals surface area contributed by atoms with E-state index >= 15 is 0 Å². The monoisotopic (exact) mass is 459 g/mol. The number of carboxylic acids is 1. The molecule has 0 unspecified atom stereocenters. The third kappa shape index (κ3) is 6.88. The summed E-state index contributed by atoms with van der Waals surface area (Å²) in [4.78, 5) is 35.2. The molecule has 0 aliphatic heterocycles. The Hall–Kier alpha value is -3.26. The van der Waals surface area contributed by atoms with Crippen molar-refractivity contribution < 1.29 is 24.2 Å². The highest BCUT2D eigenvalue weighted by molar-refractivity contribution is 6.33. The van der Waals surface area contributed by atoms with Gasteiger partial charge in [0, 0.05) is 18.7 Å². The normalized spacial score (nSPS) is 17.8. The molecule has 0 spiro atoms.